The van der Waals surface area contributed by atoms with Crippen molar-refractivity contribution in [1.82, 2.24) is 9.91 Å². The topological polar surface area (TPSA) is 65.1 Å². The summed E-state index contributed by atoms with van der Waals surface area (Å²) in [7, 11) is 1.93. The van der Waals surface area contributed by atoms with E-state index in [0.29, 0.717) is 6.54 Å². The van der Waals surface area contributed by atoms with E-state index in [1.54, 1.807) is 0 Å². The van der Waals surface area contributed by atoms with Crippen LogP contribution in [0.15, 0.2) is 4.99 Å². The normalized spacial score (nSPS) is 17.0. The van der Waals surface area contributed by atoms with E-state index in [-0.39, 0.29) is 6.61 Å². The standard InChI is InChI=1S/C6H14N4O/c1-9-3-2-8-6(9)10(7)4-5-11/h11H,2-5,7H2,1H3. The van der Waals surface area contributed by atoms with Crippen molar-refractivity contribution in [1.29, 1.82) is 0 Å². The zero-order valence-electron chi connectivity index (χ0n) is 6.69. The number of nitrogens with zero attached hydrogens (tertiary/aromatic N) is 3. The van der Waals surface area contributed by atoms with E-state index in [4.69, 9.17) is 10.9 Å². The number of rotatable bonds is 2. The molecule has 0 saturated carbocycles. The first kappa shape index (κ1) is 8.29. The number of hydrogen-bond acceptors (Lipinski definition) is 5. The third kappa shape index (κ3) is 1.81. The second-order valence-electron chi connectivity index (χ2n) is 2.52. The van der Waals surface area contributed by atoms with Crippen molar-refractivity contribution in [2.75, 3.05) is 33.3 Å². The largest absolute Gasteiger partial charge is 0.394 e. The molecule has 0 aromatic carbocycles. The van der Waals surface area contributed by atoms with Crippen molar-refractivity contribution >= 4 is 5.96 Å². The highest BCUT2D eigenvalue weighted by atomic mass is 16.3. The van der Waals surface area contributed by atoms with Gasteiger partial charge in [0.15, 0.2) is 0 Å². The Bertz CT molecular complexity index is 159. The molecule has 0 unspecified atom stereocenters. The molecule has 0 aromatic rings. The molecule has 0 aromatic heterocycles. The second kappa shape index (κ2) is 3.54. The monoisotopic (exact) mass is 158 g/mol. The summed E-state index contributed by atoms with van der Waals surface area (Å²) in [6.45, 7) is 2.20. The minimum Gasteiger partial charge on any atom is -0.394 e. The molecule has 64 valence electrons. The molecule has 0 aliphatic carbocycles. The van der Waals surface area contributed by atoms with Crippen LogP contribution >= 0.6 is 0 Å². The first-order valence-electron chi connectivity index (χ1n) is 3.64. The Labute approximate surface area is 66.1 Å². The molecule has 0 fully saturated rings. The molecule has 5 nitrogen and oxygen atoms in total. The number of hydrazine groups is 1. The number of nitrogens with two attached hydrogens (primary N) is 1. The van der Waals surface area contributed by atoms with Gasteiger partial charge < -0.3 is 10.0 Å². The lowest BCUT2D eigenvalue weighted by Crippen LogP contribution is -2.45. The van der Waals surface area contributed by atoms with E-state index in [9.17, 15) is 0 Å². The smallest absolute Gasteiger partial charge is 0.211 e. The summed E-state index contributed by atoms with van der Waals surface area (Å²) in [5.41, 5.74) is 0. The molecule has 0 saturated heterocycles. The molecule has 11 heavy (non-hydrogen) atoms. The SMILES string of the molecule is CN1CCN=C1N(N)CCO. The van der Waals surface area contributed by atoms with Gasteiger partial charge in [0.1, 0.15) is 0 Å². The molecule has 1 aliphatic rings. The molecule has 3 N–H and O–H groups in total. The van der Waals surface area contributed by atoms with Crippen LogP contribution in [-0.4, -0.2) is 54.3 Å². The number of aliphatic hydroxyl groups excluding tert-OH is 1. The lowest BCUT2D eigenvalue weighted by atomic mass is 10.6. The molecule has 0 amide bonds. The van der Waals surface area contributed by atoms with Crippen LogP contribution < -0.4 is 5.84 Å². The zero-order chi connectivity index (χ0) is 8.27. The number of aliphatic imine (C=N–C) groups is 1. The second-order valence-corrected chi connectivity index (χ2v) is 2.52. The van der Waals surface area contributed by atoms with E-state index < -0.39 is 0 Å². The van der Waals surface area contributed by atoms with Crippen LogP contribution in [0.4, 0.5) is 0 Å². The first-order valence-corrected chi connectivity index (χ1v) is 3.64. The predicted molar refractivity (Wildman–Crippen MR) is 42.9 cm³/mol. The van der Waals surface area contributed by atoms with E-state index >= 15 is 0 Å². The molecule has 0 radical (unpaired) electrons. The van der Waals surface area contributed by atoms with Gasteiger partial charge >= 0.3 is 0 Å². The Morgan fingerprint density at radius 1 is 1.82 bits per heavy atom. The predicted octanol–water partition coefficient (Wildman–Crippen LogP) is -1.54. The fourth-order valence-electron chi connectivity index (χ4n) is 1.04. The molecule has 0 bridgehead atoms. The number of hydrogen-bond donors (Lipinski definition) is 2. The minimum atomic E-state index is 0.0589. The number of guanidine groups is 1. The Hall–Kier alpha value is -0.810. The van der Waals surface area contributed by atoms with Crippen LogP contribution in [0.5, 0.6) is 0 Å². The molecule has 1 rings (SSSR count). The number of likely N-dealkylation sites (N-methyl/N-ethyl adjacent to an activating group) is 1. The fourth-order valence-corrected chi connectivity index (χ4v) is 1.04. The van der Waals surface area contributed by atoms with Crippen LogP contribution in [0, 0.1) is 0 Å². The quantitative estimate of drug-likeness (QED) is 0.377. The van der Waals surface area contributed by atoms with Crippen molar-refractivity contribution < 1.29 is 5.11 Å². The highest BCUT2D eigenvalue weighted by Crippen LogP contribution is 1.99. The maximum atomic E-state index is 8.59. The van der Waals surface area contributed by atoms with Gasteiger partial charge in [-0.15, -0.1) is 0 Å². The van der Waals surface area contributed by atoms with Gasteiger partial charge in [-0.2, -0.15) is 0 Å². The summed E-state index contributed by atoms with van der Waals surface area (Å²) in [6.07, 6.45) is 0. The van der Waals surface area contributed by atoms with Crippen LogP contribution in [0.1, 0.15) is 0 Å². The molecule has 0 spiro atoms. The van der Waals surface area contributed by atoms with Gasteiger partial charge in [-0.25, -0.2) is 10.8 Å². The Morgan fingerprint density at radius 3 is 3.00 bits per heavy atom. The Kier molecular flexibility index (Phi) is 2.67. The van der Waals surface area contributed by atoms with E-state index in [0.717, 1.165) is 19.0 Å². The fraction of sp³-hybridized carbons (Fsp3) is 0.833. The lowest BCUT2D eigenvalue weighted by Gasteiger charge is -2.22. The van der Waals surface area contributed by atoms with Crippen molar-refractivity contribution in [2.45, 2.75) is 0 Å². The van der Waals surface area contributed by atoms with Gasteiger partial charge in [0, 0.05) is 13.6 Å². The molecule has 1 aliphatic heterocycles. The maximum Gasteiger partial charge on any atom is 0.211 e. The van der Waals surface area contributed by atoms with Gasteiger partial charge in [-0.3, -0.25) is 5.01 Å². The van der Waals surface area contributed by atoms with E-state index in [2.05, 4.69) is 4.99 Å². The van der Waals surface area contributed by atoms with Gasteiger partial charge in [0.05, 0.1) is 19.7 Å². The zero-order valence-corrected chi connectivity index (χ0v) is 6.69. The highest BCUT2D eigenvalue weighted by Gasteiger charge is 2.16. The maximum absolute atomic E-state index is 8.59. The molecule has 0 atom stereocenters. The van der Waals surface area contributed by atoms with Crippen LogP contribution in [0.3, 0.4) is 0 Å². The van der Waals surface area contributed by atoms with Crippen molar-refractivity contribution in [3.63, 3.8) is 0 Å². The van der Waals surface area contributed by atoms with Gasteiger partial charge in [0.2, 0.25) is 5.96 Å². The van der Waals surface area contributed by atoms with Crippen LogP contribution in [-0.2, 0) is 0 Å². The Balaban J connectivity index is 2.45. The summed E-state index contributed by atoms with van der Waals surface area (Å²) in [4.78, 5) is 6.14. The highest BCUT2D eigenvalue weighted by molar-refractivity contribution is 5.80. The van der Waals surface area contributed by atoms with Gasteiger partial charge in [0.25, 0.3) is 0 Å². The Morgan fingerprint density at radius 2 is 2.55 bits per heavy atom. The lowest BCUT2D eigenvalue weighted by molar-refractivity contribution is 0.242. The average molecular weight is 158 g/mol. The van der Waals surface area contributed by atoms with Crippen LogP contribution in [0.2, 0.25) is 0 Å². The molecular formula is C6H14N4O. The summed E-state index contributed by atoms with van der Waals surface area (Å²) < 4.78 is 0. The summed E-state index contributed by atoms with van der Waals surface area (Å²) in [5, 5.41) is 10.1. The third-order valence-corrected chi connectivity index (χ3v) is 1.63. The minimum absolute atomic E-state index is 0.0589. The molecule has 1 heterocycles. The van der Waals surface area contributed by atoms with Gasteiger partial charge in [-0.05, 0) is 0 Å². The van der Waals surface area contributed by atoms with Crippen molar-refractivity contribution in [3.05, 3.63) is 0 Å². The van der Waals surface area contributed by atoms with Crippen molar-refractivity contribution in [3.8, 4) is 0 Å². The third-order valence-electron chi connectivity index (χ3n) is 1.63. The van der Waals surface area contributed by atoms with E-state index in [1.807, 2.05) is 11.9 Å². The summed E-state index contributed by atoms with van der Waals surface area (Å²) in [5.74, 6) is 6.34. The average Bonchev–Trinajstić information content (AvgIpc) is 2.36. The van der Waals surface area contributed by atoms with Crippen molar-refractivity contribution in [2.24, 2.45) is 10.8 Å². The first-order chi connectivity index (χ1) is 5.25. The van der Waals surface area contributed by atoms with E-state index in [1.165, 1.54) is 5.01 Å². The summed E-state index contributed by atoms with van der Waals surface area (Å²) in [6, 6.07) is 0. The molecular weight excluding hydrogens is 144 g/mol. The molecule has 5 heteroatoms. The number of aliphatic hydroxyl groups is 1. The van der Waals surface area contributed by atoms with Crippen LogP contribution in [0.25, 0.3) is 0 Å². The van der Waals surface area contributed by atoms with Gasteiger partial charge in [-0.1, -0.05) is 0 Å². The summed E-state index contributed by atoms with van der Waals surface area (Å²) >= 11 is 0.